The summed E-state index contributed by atoms with van der Waals surface area (Å²) in [5.74, 6) is 2.06. The van der Waals surface area contributed by atoms with Crippen molar-refractivity contribution in [2.24, 2.45) is 0 Å². The van der Waals surface area contributed by atoms with Crippen LogP contribution in [0, 0.1) is 0 Å². The van der Waals surface area contributed by atoms with Crippen LogP contribution in [0.4, 0.5) is 0 Å². The van der Waals surface area contributed by atoms with Crippen LogP contribution in [0.15, 0.2) is 18.2 Å². The van der Waals surface area contributed by atoms with Crippen molar-refractivity contribution < 1.29 is 18.9 Å². The highest BCUT2D eigenvalue weighted by atomic mass is 16.6. The lowest BCUT2D eigenvalue weighted by molar-refractivity contribution is 0.354. The number of benzene rings is 1. The van der Waals surface area contributed by atoms with E-state index in [1.807, 2.05) is 18.2 Å². The first-order valence-electron chi connectivity index (χ1n) is 5.99. The molecule has 1 aliphatic rings. The lowest BCUT2D eigenvalue weighted by atomic mass is 10.1. The van der Waals surface area contributed by atoms with E-state index < -0.39 is 0 Å². The molecular weight excluding hydrogens is 246 g/mol. The average molecular weight is 261 g/mol. The van der Waals surface area contributed by atoms with Crippen molar-refractivity contribution in [3.05, 3.63) is 23.8 Å². The summed E-state index contributed by atoms with van der Waals surface area (Å²) in [6.07, 6.45) is 0.00741. The lowest BCUT2D eigenvalue weighted by Crippen LogP contribution is -2.00. The summed E-state index contributed by atoms with van der Waals surface area (Å²) in [6.45, 7) is 0.671. The number of rotatable bonds is 4. The summed E-state index contributed by atoms with van der Waals surface area (Å²) in [7, 11) is 4.87. The standard InChI is InChI=1S/C14H15NO4/c1-16-8-4-5-10-9(6-8)13(17-2)12(11-7-19-11)14(15-10)18-3/h4-6,11H,7H2,1-3H3. The fraction of sp³-hybridized carbons (Fsp3) is 0.357. The van der Waals surface area contributed by atoms with Gasteiger partial charge in [-0.3, -0.25) is 0 Å². The second kappa shape index (κ2) is 4.59. The largest absolute Gasteiger partial charge is 0.497 e. The summed E-state index contributed by atoms with van der Waals surface area (Å²) in [6, 6.07) is 5.66. The molecule has 0 bridgehead atoms. The van der Waals surface area contributed by atoms with E-state index in [0.717, 1.165) is 28.0 Å². The summed E-state index contributed by atoms with van der Waals surface area (Å²) in [5.41, 5.74) is 1.67. The second-order valence-electron chi connectivity index (χ2n) is 4.27. The molecule has 100 valence electrons. The normalized spacial score (nSPS) is 17.3. The molecule has 1 fully saturated rings. The summed E-state index contributed by atoms with van der Waals surface area (Å²) >= 11 is 0. The van der Waals surface area contributed by atoms with Gasteiger partial charge in [0, 0.05) is 5.39 Å². The molecule has 1 atom stereocenters. The van der Waals surface area contributed by atoms with Crippen LogP contribution < -0.4 is 14.2 Å². The van der Waals surface area contributed by atoms with Crippen molar-refractivity contribution in [1.29, 1.82) is 0 Å². The highest BCUT2D eigenvalue weighted by Crippen LogP contribution is 2.45. The predicted octanol–water partition coefficient (Wildman–Crippen LogP) is 2.33. The van der Waals surface area contributed by atoms with E-state index in [1.54, 1.807) is 21.3 Å². The van der Waals surface area contributed by atoms with E-state index >= 15 is 0 Å². The molecule has 0 saturated carbocycles. The van der Waals surface area contributed by atoms with Gasteiger partial charge in [-0.25, -0.2) is 4.98 Å². The van der Waals surface area contributed by atoms with Gasteiger partial charge in [-0.05, 0) is 18.2 Å². The van der Waals surface area contributed by atoms with E-state index in [4.69, 9.17) is 18.9 Å². The van der Waals surface area contributed by atoms with Gasteiger partial charge < -0.3 is 18.9 Å². The number of hydrogen-bond donors (Lipinski definition) is 0. The van der Waals surface area contributed by atoms with Gasteiger partial charge in [0.05, 0.1) is 39.0 Å². The zero-order chi connectivity index (χ0) is 13.4. The maximum absolute atomic E-state index is 5.55. The second-order valence-corrected chi connectivity index (χ2v) is 4.27. The van der Waals surface area contributed by atoms with Gasteiger partial charge in [-0.15, -0.1) is 0 Å². The van der Waals surface area contributed by atoms with Crippen LogP contribution in [0.2, 0.25) is 0 Å². The van der Waals surface area contributed by atoms with Crippen LogP contribution in [-0.2, 0) is 4.74 Å². The summed E-state index contributed by atoms with van der Waals surface area (Å²) in [4.78, 5) is 4.50. The molecule has 1 saturated heterocycles. The highest BCUT2D eigenvalue weighted by Gasteiger charge is 2.34. The highest BCUT2D eigenvalue weighted by molar-refractivity contribution is 5.89. The predicted molar refractivity (Wildman–Crippen MR) is 70.1 cm³/mol. The number of fused-ring (bicyclic) bond motifs is 1. The van der Waals surface area contributed by atoms with Crippen LogP contribution in [0.1, 0.15) is 11.7 Å². The van der Waals surface area contributed by atoms with Crippen LogP contribution in [0.3, 0.4) is 0 Å². The van der Waals surface area contributed by atoms with Crippen LogP contribution in [0.25, 0.3) is 10.9 Å². The third-order valence-electron chi connectivity index (χ3n) is 3.20. The average Bonchev–Trinajstić information content (AvgIpc) is 3.28. The Labute approximate surface area is 111 Å². The minimum Gasteiger partial charge on any atom is -0.497 e. The molecule has 1 aromatic heterocycles. The van der Waals surface area contributed by atoms with Crippen molar-refractivity contribution >= 4 is 10.9 Å². The molecule has 5 nitrogen and oxygen atoms in total. The molecular formula is C14H15NO4. The Morgan fingerprint density at radius 1 is 1.16 bits per heavy atom. The van der Waals surface area contributed by atoms with Crippen molar-refractivity contribution in [2.75, 3.05) is 27.9 Å². The van der Waals surface area contributed by atoms with Gasteiger partial charge in [-0.1, -0.05) is 0 Å². The topological polar surface area (TPSA) is 53.1 Å². The molecule has 1 aromatic carbocycles. The van der Waals surface area contributed by atoms with Gasteiger partial charge in [-0.2, -0.15) is 0 Å². The number of nitrogens with zero attached hydrogens (tertiary/aromatic N) is 1. The Kier molecular flexibility index (Phi) is 2.91. The molecule has 1 aliphatic heterocycles. The summed E-state index contributed by atoms with van der Waals surface area (Å²) in [5, 5.41) is 0.896. The fourth-order valence-electron chi connectivity index (χ4n) is 2.21. The van der Waals surface area contributed by atoms with Gasteiger partial charge in [0.1, 0.15) is 17.6 Å². The number of epoxide rings is 1. The third kappa shape index (κ3) is 1.96. The number of methoxy groups -OCH3 is 3. The number of pyridine rings is 1. The van der Waals surface area contributed by atoms with Gasteiger partial charge in [0.15, 0.2) is 0 Å². The lowest BCUT2D eigenvalue weighted by Gasteiger charge is -2.14. The minimum absolute atomic E-state index is 0.00741. The molecule has 0 N–H and O–H groups in total. The third-order valence-corrected chi connectivity index (χ3v) is 3.20. The van der Waals surface area contributed by atoms with E-state index in [-0.39, 0.29) is 6.10 Å². The van der Waals surface area contributed by atoms with Crippen LogP contribution in [-0.4, -0.2) is 32.9 Å². The molecule has 0 spiro atoms. The van der Waals surface area contributed by atoms with E-state index in [9.17, 15) is 0 Å². The zero-order valence-corrected chi connectivity index (χ0v) is 11.1. The Balaban J connectivity index is 2.31. The van der Waals surface area contributed by atoms with E-state index in [2.05, 4.69) is 4.98 Å². The fourth-order valence-corrected chi connectivity index (χ4v) is 2.21. The molecule has 2 aromatic rings. The first-order valence-corrected chi connectivity index (χ1v) is 5.99. The van der Waals surface area contributed by atoms with Crippen molar-refractivity contribution in [3.8, 4) is 17.4 Å². The molecule has 0 aliphatic carbocycles. The number of ether oxygens (including phenoxy) is 4. The Morgan fingerprint density at radius 3 is 2.53 bits per heavy atom. The van der Waals surface area contributed by atoms with Crippen LogP contribution in [0.5, 0.6) is 17.4 Å². The van der Waals surface area contributed by atoms with Crippen molar-refractivity contribution in [1.82, 2.24) is 4.98 Å². The molecule has 5 heteroatoms. The molecule has 19 heavy (non-hydrogen) atoms. The first-order chi connectivity index (χ1) is 9.28. The summed E-state index contributed by atoms with van der Waals surface area (Å²) < 4.78 is 21.5. The zero-order valence-electron chi connectivity index (χ0n) is 11.1. The molecule has 1 unspecified atom stereocenters. The minimum atomic E-state index is 0.00741. The van der Waals surface area contributed by atoms with Gasteiger partial charge in [0.2, 0.25) is 5.88 Å². The van der Waals surface area contributed by atoms with E-state index in [1.165, 1.54) is 0 Å². The smallest absolute Gasteiger partial charge is 0.223 e. The molecule has 3 rings (SSSR count). The van der Waals surface area contributed by atoms with Gasteiger partial charge >= 0.3 is 0 Å². The number of hydrogen-bond acceptors (Lipinski definition) is 5. The maximum Gasteiger partial charge on any atom is 0.223 e. The van der Waals surface area contributed by atoms with Gasteiger partial charge in [0.25, 0.3) is 0 Å². The molecule has 0 radical (unpaired) electrons. The Hall–Kier alpha value is -2.01. The monoisotopic (exact) mass is 261 g/mol. The SMILES string of the molecule is COc1ccc2nc(OC)c(C3CO3)c(OC)c2c1. The Bertz CT molecular complexity index is 622. The molecule has 2 heterocycles. The molecule has 0 amide bonds. The quantitative estimate of drug-likeness (QED) is 0.791. The van der Waals surface area contributed by atoms with Crippen molar-refractivity contribution in [3.63, 3.8) is 0 Å². The number of aromatic nitrogens is 1. The van der Waals surface area contributed by atoms with E-state index in [0.29, 0.717) is 12.5 Å². The first kappa shape index (κ1) is 12.0. The Morgan fingerprint density at radius 2 is 1.95 bits per heavy atom. The van der Waals surface area contributed by atoms with Crippen LogP contribution >= 0.6 is 0 Å². The maximum atomic E-state index is 5.55. The van der Waals surface area contributed by atoms with Crippen molar-refractivity contribution in [2.45, 2.75) is 6.10 Å².